The summed E-state index contributed by atoms with van der Waals surface area (Å²) in [7, 11) is 1.36. The minimum atomic E-state index is -0.367. The van der Waals surface area contributed by atoms with Crippen molar-refractivity contribution >= 4 is 21.9 Å². The second-order valence-electron chi connectivity index (χ2n) is 3.16. The van der Waals surface area contributed by atoms with Crippen LogP contribution in [0.4, 0.5) is 0 Å². The lowest BCUT2D eigenvalue weighted by Crippen LogP contribution is -2.01. The number of aromatic amines is 1. The Morgan fingerprint density at radius 3 is 2.88 bits per heavy atom. The van der Waals surface area contributed by atoms with Gasteiger partial charge in [0.1, 0.15) is 5.82 Å². The molecule has 0 saturated heterocycles. The van der Waals surface area contributed by atoms with Gasteiger partial charge in [0.05, 0.1) is 12.7 Å². The SMILES string of the molecule is COC(=O)c1cc(Br)cc(-c2ncc[nH]2)c1. The van der Waals surface area contributed by atoms with E-state index in [9.17, 15) is 4.79 Å². The number of esters is 1. The summed E-state index contributed by atoms with van der Waals surface area (Å²) < 4.78 is 5.48. The van der Waals surface area contributed by atoms with E-state index in [-0.39, 0.29) is 5.97 Å². The number of halogens is 1. The van der Waals surface area contributed by atoms with Crippen molar-refractivity contribution in [1.29, 1.82) is 0 Å². The van der Waals surface area contributed by atoms with E-state index in [2.05, 4.69) is 30.6 Å². The third-order valence-electron chi connectivity index (χ3n) is 2.09. The van der Waals surface area contributed by atoms with Crippen molar-refractivity contribution < 1.29 is 9.53 Å². The lowest BCUT2D eigenvalue weighted by Gasteiger charge is -2.03. The van der Waals surface area contributed by atoms with Gasteiger partial charge in [-0.1, -0.05) is 15.9 Å². The summed E-state index contributed by atoms with van der Waals surface area (Å²) in [6, 6.07) is 5.32. The van der Waals surface area contributed by atoms with Crippen molar-refractivity contribution in [2.75, 3.05) is 7.11 Å². The van der Waals surface area contributed by atoms with Crippen molar-refractivity contribution in [1.82, 2.24) is 9.97 Å². The van der Waals surface area contributed by atoms with Gasteiger partial charge in [-0.15, -0.1) is 0 Å². The van der Waals surface area contributed by atoms with Gasteiger partial charge < -0.3 is 9.72 Å². The van der Waals surface area contributed by atoms with Crippen LogP contribution in [-0.2, 0) is 4.74 Å². The Labute approximate surface area is 101 Å². The van der Waals surface area contributed by atoms with Crippen LogP contribution < -0.4 is 0 Å². The predicted molar refractivity (Wildman–Crippen MR) is 63.1 cm³/mol. The maximum atomic E-state index is 11.4. The summed E-state index contributed by atoms with van der Waals surface area (Å²) in [5, 5.41) is 0. The first-order valence-electron chi connectivity index (χ1n) is 4.59. The molecule has 0 aliphatic rings. The highest BCUT2D eigenvalue weighted by Crippen LogP contribution is 2.22. The first kappa shape index (κ1) is 10.9. The van der Waals surface area contributed by atoms with E-state index in [0.717, 1.165) is 10.0 Å². The van der Waals surface area contributed by atoms with Crippen LogP contribution in [0.3, 0.4) is 0 Å². The molecule has 0 saturated carbocycles. The second kappa shape index (κ2) is 4.49. The molecule has 0 amide bonds. The predicted octanol–water partition coefficient (Wildman–Crippen LogP) is 2.63. The molecular weight excluding hydrogens is 272 g/mol. The van der Waals surface area contributed by atoms with Crippen molar-refractivity contribution in [3.63, 3.8) is 0 Å². The zero-order chi connectivity index (χ0) is 11.5. The van der Waals surface area contributed by atoms with Gasteiger partial charge in [-0.25, -0.2) is 9.78 Å². The molecule has 1 aromatic carbocycles. The minimum Gasteiger partial charge on any atom is -0.465 e. The van der Waals surface area contributed by atoms with Crippen LogP contribution in [0.5, 0.6) is 0 Å². The summed E-state index contributed by atoms with van der Waals surface area (Å²) in [6.07, 6.45) is 3.39. The number of nitrogens with one attached hydrogen (secondary N) is 1. The highest BCUT2D eigenvalue weighted by atomic mass is 79.9. The van der Waals surface area contributed by atoms with E-state index in [1.807, 2.05) is 6.07 Å². The van der Waals surface area contributed by atoms with Crippen molar-refractivity contribution in [3.05, 3.63) is 40.6 Å². The largest absolute Gasteiger partial charge is 0.465 e. The summed E-state index contributed by atoms with van der Waals surface area (Å²) in [4.78, 5) is 18.5. The van der Waals surface area contributed by atoms with Crippen LogP contribution in [0, 0.1) is 0 Å². The van der Waals surface area contributed by atoms with E-state index in [1.54, 1.807) is 24.5 Å². The Hall–Kier alpha value is -1.62. The summed E-state index contributed by atoms with van der Waals surface area (Å²) >= 11 is 3.35. The Kier molecular flexibility index (Phi) is 3.05. The highest BCUT2D eigenvalue weighted by Gasteiger charge is 2.09. The van der Waals surface area contributed by atoms with Gasteiger partial charge in [-0.2, -0.15) is 0 Å². The normalized spacial score (nSPS) is 10.1. The van der Waals surface area contributed by atoms with Gasteiger partial charge in [0.15, 0.2) is 0 Å². The number of H-pyrrole nitrogens is 1. The van der Waals surface area contributed by atoms with Crippen LogP contribution in [0.15, 0.2) is 35.1 Å². The second-order valence-corrected chi connectivity index (χ2v) is 4.07. The molecule has 0 radical (unpaired) electrons. The number of ether oxygens (including phenoxy) is 1. The summed E-state index contributed by atoms with van der Waals surface area (Å²) in [5.74, 6) is 0.348. The number of carbonyl (C=O) groups is 1. The molecule has 2 aromatic rings. The number of rotatable bonds is 2. The molecule has 1 aromatic heterocycles. The number of methoxy groups -OCH3 is 1. The molecule has 0 aliphatic carbocycles. The molecule has 0 unspecified atom stereocenters. The maximum absolute atomic E-state index is 11.4. The minimum absolute atomic E-state index is 0.367. The molecule has 2 rings (SSSR count). The molecule has 16 heavy (non-hydrogen) atoms. The molecule has 4 nitrogen and oxygen atoms in total. The van der Waals surface area contributed by atoms with Gasteiger partial charge in [0.2, 0.25) is 0 Å². The standard InChI is InChI=1S/C11H9BrN2O2/c1-16-11(15)8-4-7(5-9(12)6-8)10-13-2-3-14-10/h2-6H,1H3,(H,13,14). The van der Waals surface area contributed by atoms with Crippen LogP contribution in [0.1, 0.15) is 10.4 Å². The third kappa shape index (κ3) is 2.14. The molecule has 0 bridgehead atoms. The van der Waals surface area contributed by atoms with Crippen LogP contribution >= 0.6 is 15.9 Å². The van der Waals surface area contributed by atoms with E-state index in [1.165, 1.54) is 7.11 Å². The molecule has 0 fully saturated rings. The van der Waals surface area contributed by atoms with E-state index in [4.69, 9.17) is 0 Å². The van der Waals surface area contributed by atoms with Crippen LogP contribution in [-0.4, -0.2) is 23.0 Å². The van der Waals surface area contributed by atoms with Gasteiger partial charge in [0, 0.05) is 22.4 Å². The fraction of sp³-hybridized carbons (Fsp3) is 0.0909. The lowest BCUT2D eigenvalue weighted by molar-refractivity contribution is 0.0600. The lowest BCUT2D eigenvalue weighted by atomic mass is 10.1. The molecule has 1 N–H and O–H groups in total. The topological polar surface area (TPSA) is 55.0 Å². The van der Waals surface area contributed by atoms with Crippen molar-refractivity contribution in [3.8, 4) is 11.4 Å². The third-order valence-corrected chi connectivity index (χ3v) is 2.55. The number of benzene rings is 1. The summed E-state index contributed by atoms with van der Waals surface area (Å²) in [5.41, 5.74) is 1.32. The quantitative estimate of drug-likeness (QED) is 0.861. The average molecular weight is 281 g/mol. The summed E-state index contributed by atoms with van der Waals surface area (Å²) in [6.45, 7) is 0. The van der Waals surface area contributed by atoms with Crippen molar-refractivity contribution in [2.45, 2.75) is 0 Å². The zero-order valence-corrected chi connectivity index (χ0v) is 10.1. The highest BCUT2D eigenvalue weighted by molar-refractivity contribution is 9.10. The number of aromatic nitrogens is 2. The molecule has 1 heterocycles. The Morgan fingerprint density at radius 2 is 2.25 bits per heavy atom. The monoisotopic (exact) mass is 280 g/mol. The van der Waals surface area contributed by atoms with Crippen LogP contribution in [0.25, 0.3) is 11.4 Å². The first-order valence-corrected chi connectivity index (χ1v) is 5.38. The molecule has 0 aliphatic heterocycles. The molecule has 0 atom stereocenters. The molecule has 0 spiro atoms. The average Bonchev–Trinajstić information content (AvgIpc) is 2.80. The zero-order valence-electron chi connectivity index (χ0n) is 8.53. The number of imidazole rings is 1. The van der Waals surface area contributed by atoms with E-state index >= 15 is 0 Å². The van der Waals surface area contributed by atoms with Gasteiger partial charge >= 0.3 is 5.97 Å². The smallest absolute Gasteiger partial charge is 0.337 e. The molecular formula is C11H9BrN2O2. The van der Waals surface area contributed by atoms with Crippen LogP contribution in [0.2, 0.25) is 0 Å². The van der Waals surface area contributed by atoms with Gasteiger partial charge in [-0.05, 0) is 18.2 Å². The number of carbonyl (C=O) groups excluding carboxylic acids is 1. The molecule has 82 valence electrons. The van der Waals surface area contributed by atoms with Crippen molar-refractivity contribution in [2.24, 2.45) is 0 Å². The van der Waals surface area contributed by atoms with Gasteiger partial charge in [0.25, 0.3) is 0 Å². The van der Waals surface area contributed by atoms with E-state index in [0.29, 0.717) is 11.4 Å². The Balaban J connectivity index is 2.48. The Bertz CT molecular complexity index is 509. The van der Waals surface area contributed by atoms with E-state index < -0.39 is 0 Å². The number of hydrogen-bond donors (Lipinski definition) is 1. The fourth-order valence-electron chi connectivity index (χ4n) is 1.39. The first-order chi connectivity index (χ1) is 7.70. The Morgan fingerprint density at radius 1 is 1.44 bits per heavy atom. The number of nitrogens with zero attached hydrogens (tertiary/aromatic N) is 1. The fourth-order valence-corrected chi connectivity index (χ4v) is 1.88. The molecule has 5 heteroatoms. The number of hydrogen-bond acceptors (Lipinski definition) is 3. The maximum Gasteiger partial charge on any atom is 0.337 e. The van der Waals surface area contributed by atoms with Gasteiger partial charge in [-0.3, -0.25) is 0 Å².